The largest absolute Gasteiger partial charge is 0.349 e. The maximum Gasteiger partial charge on any atom is 0.223 e. The molecule has 1 aromatic heterocycles. The van der Waals surface area contributed by atoms with Gasteiger partial charge in [-0.05, 0) is 38.8 Å². The van der Waals surface area contributed by atoms with E-state index in [4.69, 9.17) is 0 Å². The van der Waals surface area contributed by atoms with Gasteiger partial charge in [-0.3, -0.25) is 9.69 Å². The molecule has 1 amide bonds. The molecule has 0 saturated carbocycles. The SMILES string of the molecule is CCc1csc(CNC(=O)C2CCN(C3CCS(=O)(=O)C3)CC2)n1. The smallest absolute Gasteiger partial charge is 0.223 e. The lowest BCUT2D eigenvalue weighted by atomic mass is 9.94. The van der Waals surface area contributed by atoms with Crippen LogP contribution in [0.2, 0.25) is 0 Å². The van der Waals surface area contributed by atoms with E-state index in [1.807, 2.05) is 5.38 Å². The highest BCUT2D eigenvalue weighted by atomic mass is 32.2. The Balaban J connectivity index is 1.43. The van der Waals surface area contributed by atoms with Gasteiger partial charge < -0.3 is 5.32 Å². The van der Waals surface area contributed by atoms with E-state index >= 15 is 0 Å². The lowest BCUT2D eigenvalue weighted by Gasteiger charge is -2.34. The Morgan fingerprint density at radius 1 is 1.38 bits per heavy atom. The van der Waals surface area contributed by atoms with E-state index in [0.29, 0.717) is 12.3 Å². The number of piperidine rings is 1. The Bertz CT molecular complexity index is 678. The summed E-state index contributed by atoms with van der Waals surface area (Å²) < 4.78 is 23.2. The molecule has 6 nitrogen and oxygen atoms in total. The van der Waals surface area contributed by atoms with Gasteiger partial charge in [0.05, 0.1) is 23.7 Å². The number of aromatic nitrogens is 1. The molecule has 2 fully saturated rings. The Morgan fingerprint density at radius 3 is 2.71 bits per heavy atom. The summed E-state index contributed by atoms with van der Waals surface area (Å²) in [4.78, 5) is 19.0. The summed E-state index contributed by atoms with van der Waals surface area (Å²) in [6.45, 7) is 4.20. The van der Waals surface area contributed by atoms with Crippen molar-refractivity contribution in [3.05, 3.63) is 16.1 Å². The second kappa shape index (κ2) is 7.49. The van der Waals surface area contributed by atoms with Gasteiger partial charge in [0.15, 0.2) is 9.84 Å². The molecule has 0 spiro atoms. The molecule has 24 heavy (non-hydrogen) atoms. The van der Waals surface area contributed by atoms with Crippen molar-refractivity contribution in [1.29, 1.82) is 0 Å². The molecule has 0 bridgehead atoms. The highest BCUT2D eigenvalue weighted by Gasteiger charge is 2.35. The van der Waals surface area contributed by atoms with Crippen molar-refractivity contribution >= 4 is 27.1 Å². The number of amides is 1. The third-order valence-corrected chi connectivity index (χ3v) is 7.65. The maximum absolute atomic E-state index is 12.3. The van der Waals surface area contributed by atoms with Crippen molar-refractivity contribution in [2.45, 2.75) is 45.2 Å². The number of aryl methyl sites for hydroxylation is 1. The van der Waals surface area contributed by atoms with Crippen LogP contribution in [-0.2, 0) is 27.6 Å². The van der Waals surface area contributed by atoms with E-state index in [0.717, 1.165) is 49.5 Å². The first-order chi connectivity index (χ1) is 11.5. The second-order valence-corrected chi connectivity index (χ2v) is 9.84. The lowest BCUT2D eigenvalue weighted by molar-refractivity contribution is -0.126. The predicted molar refractivity (Wildman–Crippen MR) is 94.7 cm³/mol. The van der Waals surface area contributed by atoms with Gasteiger partial charge in [0.2, 0.25) is 5.91 Å². The molecule has 3 heterocycles. The minimum atomic E-state index is -2.84. The van der Waals surface area contributed by atoms with Crippen LogP contribution in [0.5, 0.6) is 0 Å². The summed E-state index contributed by atoms with van der Waals surface area (Å²) in [6.07, 6.45) is 3.27. The second-order valence-electron chi connectivity index (χ2n) is 6.67. The third-order valence-electron chi connectivity index (χ3n) is 5.00. The molecule has 1 aromatic rings. The fourth-order valence-electron chi connectivity index (χ4n) is 3.49. The molecule has 0 radical (unpaired) electrons. The van der Waals surface area contributed by atoms with Gasteiger partial charge in [0.1, 0.15) is 5.01 Å². The molecule has 2 aliphatic heterocycles. The molecule has 2 aliphatic rings. The van der Waals surface area contributed by atoms with Gasteiger partial charge in [-0.15, -0.1) is 11.3 Å². The maximum atomic E-state index is 12.3. The Kier molecular flexibility index (Phi) is 5.56. The molecule has 8 heteroatoms. The molecule has 134 valence electrons. The number of nitrogens with one attached hydrogen (secondary N) is 1. The van der Waals surface area contributed by atoms with E-state index in [2.05, 4.69) is 22.1 Å². The number of likely N-dealkylation sites (tertiary alicyclic amines) is 1. The number of nitrogens with zero attached hydrogens (tertiary/aromatic N) is 2. The molecular weight excluding hydrogens is 346 g/mol. The number of hydrogen-bond acceptors (Lipinski definition) is 6. The number of hydrogen-bond donors (Lipinski definition) is 1. The van der Waals surface area contributed by atoms with Crippen LogP contribution in [0, 0.1) is 5.92 Å². The summed E-state index contributed by atoms with van der Waals surface area (Å²) in [5.41, 5.74) is 1.07. The molecule has 1 N–H and O–H groups in total. The summed E-state index contributed by atoms with van der Waals surface area (Å²) in [7, 11) is -2.84. The van der Waals surface area contributed by atoms with Gasteiger partial charge in [-0.25, -0.2) is 13.4 Å². The summed E-state index contributed by atoms with van der Waals surface area (Å²) in [6, 6.07) is 0.154. The van der Waals surface area contributed by atoms with Gasteiger partial charge in [-0.2, -0.15) is 0 Å². The zero-order valence-electron chi connectivity index (χ0n) is 14.0. The first kappa shape index (κ1) is 17.8. The summed E-state index contributed by atoms with van der Waals surface area (Å²) in [5.74, 6) is 0.728. The highest BCUT2D eigenvalue weighted by molar-refractivity contribution is 7.91. The predicted octanol–water partition coefficient (Wildman–Crippen LogP) is 1.22. The zero-order chi connectivity index (χ0) is 17.2. The van der Waals surface area contributed by atoms with Crippen molar-refractivity contribution in [1.82, 2.24) is 15.2 Å². The number of rotatable bonds is 5. The van der Waals surface area contributed by atoms with Crippen LogP contribution in [0.1, 0.15) is 36.9 Å². The van der Waals surface area contributed by atoms with Gasteiger partial charge in [0, 0.05) is 17.3 Å². The average molecular weight is 372 g/mol. The molecule has 3 rings (SSSR count). The Morgan fingerprint density at radius 2 is 2.12 bits per heavy atom. The highest BCUT2D eigenvalue weighted by Crippen LogP contribution is 2.24. The summed E-state index contributed by atoms with van der Waals surface area (Å²) >= 11 is 1.59. The van der Waals surface area contributed by atoms with Crippen molar-refractivity contribution in [2.24, 2.45) is 5.92 Å². The topological polar surface area (TPSA) is 79.4 Å². The van der Waals surface area contributed by atoms with Crippen LogP contribution in [0.25, 0.3) is 0 Å². The molecule has 1 unspecified atom stereocenters. The van der Waals surface area contributed by atoms with Crippen molar-refractivity contribution < 1.29 is 13.2 Å². The van der Waals surface area contributed by atoms with Crippen LogP contribution in [0.3, 0.4) is 0 Å². The van der Waals surface area contributed by atoms with Crippen LogP contribution in [-0.4, -0.2) is 54.8 Å². The molecule has 2 saturated heterocycles. The van der Waals surface area contributed by atoms with Gasteiger partial charge in [0.25, 0.3) is 0 Å². The van der Waals surface area contributed by atoms with Crippen molar-refractivity contribution in [3.8, 4) is 0 Å². The fourth-order valence-corrected chi connectivity index (χ4v) is 6.07. The Labute approximate surface area is 147 Å². The quantitative estimate of drug-likeness (QED) is 0.842. The van der Waals surface area contributed by atoms with E-state index in [1.54, 1.807) is 11.3 Å². The molecule has 0 aliphatic carbocycles. The standard InChI is InChI=1S/C16H25N3O3S2/c1-2-13-10-23-15(18-13)9-17-16(20)12-3-6-19(7-4-12)14-5-8-24(21,22)11-14/h10,12,14H,2-9,11H2,1H3,(H,17,20). The lowest BCUT2D eigenvalue weighted by Crippen LogP contribution is -2.45. The third kappa shape index (κ3) is 4.34. The normalized spacial score (nSPS) is 25.0. The van der Waals surface area contributed by atoms with Gasteiger partial charge in [-0.1, -0.05) is 6.92 Å². The van der Waals surface area contributed by atoms with Gasteiger partial charge >= 0.3 is 0 Å². The van der Waals surface area contributed by atoms with E-state index < -0.39 is 9.84 Å². The minimum Gasteiger partial charge on any atom is -0.349 e. The van der Waals surface area contributed by atoms with Crippen LogP contribution in [0.4, 0.5) is 0 Å². The monoisotopic (exact) mass is 371 g/mol. The minimum absolute atomic E-state index is 0.0323. The average Bonchev–Trinajstić information content (AvgIpc) is 3.18. The summed E-state index contributed by atoms with van der Waals surface area (Å²) in [5, 5.41) is 5.99. The molecule has 1 atom stereocenters. The number of carbonyl (C=O) groups is 1. The van der Waals surface area contributed by atoms with Crippen molar-refractivity contribution in [3.63, 3.8) is 0 Å². The zero-order valence-corrected chi connectivity index (χ0v) is 15.7. The first-order valence-electron chi connectivity index (χ1n) is 8.62. The molecule has 0 aromatic carbocycles. The van der Waals surface area contributed by atoms with Crippen molar-refractivity contribution in [2.75, 3.05) is 24.6 Å². The molecular formula is C16H25N3O3S2. The van der Waals surface area contributed by atoms with E-state index in [1.165, 1.54) is 0 Å². The van der Waals surface area contributed by atoms with Crippen LogP contribution in [0.15, 0.2) is 5.38 Å². The van der Waals surface area contributed by atoms with Crippen LogP contribution >= 0.6 is 11.3 Å². The van der Waals surface area contributed by atoms with E-state index in [-0.39, 0.29) is 23.6 Å². The number of carbonyl (C=O) groups excluding carboxylic acids is 1. The number of sulfone groups is 1. The number of thiazole rings is 1. The van der Waals surface area contributed by atoms with E-state index in [9.17, 15) is 13.2 Å². The first-order valence-corrected chi connectivity index (χ1v) is 11.3. The fraction of sp³-hybridized carbons (Fsp3) is 0.750. The van der Waals surface area contributed by atoms with Crippen LogP contribution < -0.4 is 5.32 Å². The Hall–Kier alpha value is -0.990.